The van der Waals surface area contributed by atoms with E-state index < -0.39 is 0 Å². The predicted octanol–water partition coefficient (Wildman–Crippen LogP) is 4.30. The summed E-state index contributed by atoms with van der Waals surface area (Å²) >= 11 is 0. The molecule has 5 rings (SSSR count). The van der Waals surface area contributed by atoms with Gasteiger partial charge in [0.25, 0.3) is 0 Å². The molecule has 2 aliphatic rings. The molecule has 2 aliphatic carbocycles. The molecule has 0 radical (unpaired) electrons. The molecule has 23 heavy (non-hydrogen) atoms. The van der Waals surface area contributed by atoms with Crippen molar-refractivity contribution in [3.8, 4) is 0 Å². The third-order valence-corrected chi connectivity index (χ3v) is 5.60. The number of hydrogen-bond acceptors (Lipinski definition) is 1. The lowest BCUT2D eigenvalue weighted by Gasteiger charge is -2.27. The van der Waals surface area contributed by atoms with Gasteiger partial charge in [-0.05, 0) is 54.9 Å². The number of aryl methyl sites for hydroxylation is 1. The van der Waals surface area contributed by atoms with Crippen LogP contribution in [0.1, 0.15) is 41.3 Å². The minimum absolute atomic E-state index is 0.477. The fourth-order valence-corrected chi connectivity index (χ4v) is 4.54. The molecular weight excluding hydrogens is 280 g/mol. The Morgan fingerprint density at radius 2 is 1.65 bits per heavy atom. The number of nitrogens with one attached hydrogen (secondary N) is 2. The summed E-state index contributed by atoms with van der Waals surface area (Å²) in [6.45, 7) is 0. The maximum absolute atomic E-state index is 3.95. The molecule has 0 saturated heterocycles. The Labute approximate surface area is 136 Å². The molecule has 1 aromatic heterocycles. The predicted molar refractivity (Wildman–Crippen MR) is 94.8 cm³/mol. The highest BCUT2D eigenvalue weighted by atomic mass is 15.0. The van der Waals surface area contributed by atoms with Gasteiger partial charge in [-0.3, -0.25) is 0 Å². The van der Waals surface area contributed by atoms with Gasteiger partial charge in [0.1, 0.15) is 0 Å². The Hall–Kier alpha value is -2.06. The van der Waals surface area contributed by atoms with E-state index in [1.807, 2.05) is 0 Å². The van der Waals surface area contributed by atoms with Crippen molar-refractivity contribution in [3.63, 3.8) is 0 Å². The molecule has 1 unspecified atom stereocenters. The number of H-pyrrole nitrogens is 1. The van der Waals surface area contributed by atoms with E-state index in [1.165, 1.54) is 59.8 Å². The van der Waals surface area contributed by atoms with Gasteiger partial charge in [-0.1, -0.05) is 42.5 Å². The summed E-state index contributed by atoms with van der Waals surface area (Å²) in [5.41, 5.74) is 7.32. The second kappa shape index (κ2) is 5.24. The van der Waals surface area contributed by atoms with Crippen LogP contribution in [0.2, 0.25) is 0 Å². The molecule has 2 heteroatoms. The van der Waals surface area contributed by atoms with Crippen molar-refractivity contribution in [1.29, 1.82) is 0 Å². The number of para-hydroxylation sites is 1. The van der Waals surface area contributed by atoms with Gasteiger partial charge < -0.3 is 10.3 Å². The van der Waals surface area contributed by atoms with Crippen molar-refractivity contribution in [1.82, 2.24) is 10.3 Å². The monoisotopic (exact) mass is 302 g/mol. The van der Waals surface area contributed by atoms with Gasteiger partial charge >= 0.3 is 0 Å². The lowest BCUT2D eigenvalue weighted by molar-refractivity contribution is 0.396. The lowest BCUT2D eigenvalue weighted by Crippen LogP contribution is -2.35. The highest BCUT2D eigenvalue weighted by molar-refractivity contribution is 5.85. The van der Waals surface area contributed by atoms with Crippen LogP contribution in [0.15, 0.2) is 48.5 Å². The summed E-state index contributed by atoms with van der Waals surface area (Å²) in [4.78, 5) is 3.70. The van der Waals surface area contributed by atoms with Gasteiger partial charge in [-0.2, -0.15) is 0 Å². The van der Waals surface area contributed by atoms with Gasteiger partial charge in [-0.25, -0.2) is 0 Å². The average Bonchev–Trinajstić information content (AvgIpc) is 3.16. The van der Waals surface area contributed by atoms with Gasteiger partial charge in [-0.15, -0.1) is 0 Å². The third kappa shape index (κ3) is 2.21. The van der Waals surface area contributed by atoms with Crippen LogP contribution in [-0.2, 0) is 19.3 Å². The number of aromatic nitrogens is 1. The minimum Gasteiger partial charge on any atom is -0.357 e. The Balaban J connectivity index is 1.43. The second-order valence-electron chi connectivity index (χ2n) is 7.05. The molecule has 2 aromatic carbocycles. The van der Waals surface area contributed by atoms with Gasteiger partial charge in [0.15, 0.2) is 0 Å². The highest BCUT2D eigenvalue weighted by Gasteiger charge is 2.28. The zero-order chi connectivity index (χ0) is 15.2. The molecule has 2 nitrogen and oxygen atoms in total. The lowest BCUT2D eigenvalue weighted by atomic mass is 9.91. The molecule has 116 valence electrons. The van der Waals surface area contributed by atoms with Crippen LogP contribution in [0.4, 0.5) is 0 Å². The first-order chi connectivity index (χ1) is 11.4. The Morgan fingerprint density at radius 1 is 0.913 bits per heavy atom. The molecule has 1 atom stereocenters. The molecule has 0 bridgehead atoms. The number of hydrogen-bond donors (Lipinski definition) is 2. The Bertz CT molecular complexity index is 836. The molecule has 0 spiro atoms. The van der Waals surface area contributed by atoms with E-state index in [0.717, 1.165) is 0 Å². The minimum atomic E-state index is 0.477. The van der Waals surface area contributed by atoms with E-state index in [-0.39, 0.29) is 0 Å². The van der Waals surface area contributed by atoms with Crippen molar-refractivity contribution < 1.29 is 0 Å². The molecular formula is C21H22N2. The van der Waals surface area contributed by atoms with Crippen molar-refractivity contribution in [3.05, 3.63) is 70.9 Å². The fraction of sp³-hybridized carbons (Fsp3) is 0.333. The SMILES string of the molecule is c1ccc2c(c1)CC(NC1CCCc3c1[nH]c1ccccc31)C2. The summed E-state index contributed by atoms with van der Waals surface area (Å²) in [5, 5.41) is 5.37. The first-order valence-corrected chi connectivity index (χ1v) is 8.81. The number of rotatable bonds is 2. The normalized spacial score (nSPS) is 20.6. The van der Waals surface area contributed by atoms with Crippen LogP contribution >= 0.6 is 0 Å². The van der Waals surface area contributed by atoms with E-state index in [9.17, 15) is 0 Å². The number of benzene rings is 2. The number of fused-ring (bicyclic) bond motifs is 4. The van der Waals surface area contributed by atoms with E-state index in [2.05, 4.69) is 58.8 Å². The largest absolute Gasteiger partial charge is 0.357 e. The van der Waals surface area contributed by atoms with Gasteiger partial charge in [0, 0.05) is 28.7 Å². The third-order valence-electron chi connectivity index (χ3n) is 5.60. The zero-order valence-electron chi connectivity index (χ0n) is 13.3. The van der Waals surface area contributed by atoms with E-state index in [1.54, 1.807) is 5.56 Å². The summed E-state index contributed by atoms with van der Waals surface area (Å²) in [6, 6.07) is 18.7. The molecule has 0 fully saturated rings. The molecule has 2 N–H and O–H groups in total. The van der Waals surface area contributed by atoms with Crippen LogP contribution in [0.3, 0.4) is 0 Å². The average molecular weight is 302 g/mol. The van der Waals surface area contributed by atoms with E-state index in [4.69, 9.17) is 0 Å². The summed E-state index contributed by atoms with van der Waals surface area (Å²) < 4.78 is 0. The van der Waals surface area contributed by atoms with Crippen LogP contribution < -0.4 is 5.32 Å². The van der Waals surface area contributed by atoms with Gasteiger partial charge in [0.05, 0.1) is 0 Å². The Morgan fingerprint density at radius 3 is 2.48 bits per heavy atom. The highest BCUT2D eigenvalue weighted by Crippen LogP contribution is 2.35. The van der Waals surface area contributed by atoms with E-state index >= 15 is 0 Å². The molecule has 3 aromatic rings. The van der Waals surface area contributed by atoms with Crippen LogP contribution in [0, 0.1) is 0 Å². The zero-order valence-corrected chi connectivity index (χ0v) is 13.3. The van der Waals surface area contributed by atoms with Crippen LogP contribution in [0.25, 0.3) is 10.9 Å². The topological polar surface area (TPSA) is 27.8 Å². The maximum Gasteiger partial charge on any atom is 0.0478 e. The first kappa shape index (κ1) is 13.4. The molecule has 0 saturated carbocycles. The quantitative estimate of drug-likeness (QED) is 0.725. The Kier molecular flexibility index (Phi) is 3.05. The first-order valence-electron chi connectivity index (χ1n) is 8.81. The standard InChI is InChI=1S/C21H22N2/c1-2-7-15-13-16(12-14(15)6-1)22-20-11-5-9-18-17-8-3-4-10-19(17)23-21(18)20/h1-4,6-8,10,16,20,22-23H,5,9,11-13H2. The summed E-state index contributed by atoms with van der Waals surface area (Å²) in [6.07, 6.45) is 6.08. The van der Waals surface area contributed by atoms with Crippen molar-refractivity contribution >= 4 is 10.9 Å². The van der Waals surface area contributed by atoms with E-state index in [0.29, 0.717) is 12.1 Å². The number of aromatic amines is 1. The summed E-state index contributed by atoms with van der Waals surface area (Å²) in [7, 11) is 0. The van der Waals surface area contributed by atoms with Crippen LogP contribution in [-0.4, -0.2) is 11.0 Å². The maximum atomic E-state index is 3.95. The summed E-state index contributed by atoms with van der Waals surface area (Å²) in [5.74, 6) is 0. The fourth-order valence-electron chi connectivity index (χ4n) is 4.54. The van der Waals surface area contributed by atoms with Crippen molar-refractivity contribution in [2.75, 3.05) is 0 Å². The smallest absolute Gasteiger partial charge is 0.0478 e. The molecule has 0 aliphatic heterocycles. The van der Waals surface area contributed by atoms with Crippen molar-refractivity contribution in [2.24, 2.45) is 0 Å². The van der Waals surface area contributed by atoms with Crippen LogP contribution in [0.5, 0.6) is 0 Å². The second-order valence-corrected chi connectivity index (χ2v) is 7.05. The van der Waals surface area contributed by atoms with Crippen molar-refractivity contribution in [2.45, 2.75) is 44.2 Å². The van der Waals surface area contributed by atoms with Gasteiger partial charge in [0.2, 0.25) is 0 Å². The molecule has 0 amide bonds. The molecule has 1 heterocycles.